The average Bonchev–Trinajstić information content (AvgIpc) is 3.40. The van der Waals surface area contributed by atoms with Crippen molar-refractivity contribution in [2.75, 3.05) is 13.2 Å². The first-order valence-corrected chi connectivity index (χ1v) is 31.9. The molecule has 0 aromatic heterocycles. The molecule has 1 fully saturated rings. The van der Waals surface area contributed by atoms with Crippen LogP contribution >= 0.6 is 0 Å². The maximum atomic E-state index is 13.1. The summed E-state index contributed by atoms with van der Waals surface area (Å²) in [5, 5.41) is 54.5. The molecule has 1 aliphatic rings. The molecule has 9 nitrogen and oxygen atoms in total. The Balaban J connectivity index is 2.11. The van der Waals surface area contributed by atoms with Crippen molar-refractivity contribution in [3.8, 4) is 0 Å². The Morgan fingerprint density at radius 2 is 0.811 bits per heavy atom. The van der Waals surface area contributed by atoms with Crippen molar-refractivity contribution in [3.05, 3.63) is 48.6 Å². The highest BCUT2D eigenvalue weighted by Crippen LogP contribution is 2.23. The summed E-state index contributed by atoms with van der Waals surface area (Å²) >= 11 is 0. The molecule has 7 atom stereocenters. The summed E-state index contributed by atoms with van der Waals surface area (Å²) in [6.45, 7) is 3.79. The van der Waals surface area contributed by atoms with E-state index in [1.807, 2.05) is 6.08 Å². The zero-order valence-electron chi connectivity index (χ0n) is 48.4. The Hall–Kier alpha value is -1.85. The second-order valence-corrected chi connectivity index (χ2v) is 22.2. The van der Waals surface area contributed by atoms with Gasteiger partial charge in [-0.25, -0.2) is 0 Å². The van der Waals surface area contributed by atoms with E-state index in [2.05, 4.69) is 55.6 Å². The van der Waals surface area contributed by atoms with E-state index < -0.39 is 49.5 Å². The zero-order valence-corrected chi connectivity index (χ0v) is 48.4. The van der Waals surface area contributed by atoms with Crippen LogP contribution in [-0.2, 0) is 14.3 Å². The molecule has 1 rings (SSSR count). The van der Waals surface area contributed by atoms with Gasteiger partial charge in [-0.15, -0.1) is 0 Å². The molecule has 0 saturated carbocycles. The molecule has 1 heterocycles. The van der Waals surface area contributed by atoms with Gasteiger partial charge >= 0.3 is 0 Å². The number of unbranched alkanes of at least 4 members (excludes halogenated alkanes) is 39. The molecule has 0 radical (unpaired) electrons. The van der Waals surface area contributed by atoms with Crippen LogP contribution in [0.4, 0.5) is 0 Å². The summed E-state index contributed by atoms with van der Waals surface area (Å²) in [7, 11) is 0. The molecule has 1 aliphatic heterocycles. The maximum absolute atomic E-state index is 13.1. The van der Waals surface area contributed by atoms with E-state index in [0.29, 0.717) is 6.42 Å². The lowest BCUT2D eigenvalue weighted by atomic mass is 9.99. The van der Waals surface area contributed by atoms with E-state index in [9.17, 15) is 30.3 Å². The maximum Gasteiger partial charge on any atom is 0.220 e. The van der Waals surface area contributed by atoms with Crippen LogP contribution in [0.1, 0.15) is 303 Å². The molecule has 7 unspecified atom stereocenters. The van der Waals surface area contributed by atoms with Gasteiger partial charge in [0.2, 0.25) is 5.91 Å². The molecule has 9 heteroatoms. The Bertz CT molecular complexity index is 1300. The van der Waals surface area contributed by atoms with Gasteiger partial charge in [-0.2, -0.15) is 0 Å². The SMILES string of the molecule is CCCCCCCCCCCC/C=C/CC/C=C/C(O)C(COC1OC(CO)C(O)C(O)C1O)NC(=O)CCCCCCCCCCCCCCCCCCC/C=C\C/C=C\CCCCCCCCCCCCC. The fourth-order valence-electron chi connectivity index (χ4n) is 10.1. The second kappa shape index (κ2) is 54.5. The van der Waals surface area contributed by atoms with Crippen LogP contribution in [0.25, 0.3) is 0 Å². The van der Waals surface area contributed by atoms with Crippen molar-refractivity contribution in [2.24, 2.45) is 0 Å². The van der Waals surface area contributed by atoms with Crippen molar-refractivity contribution in [3.63, 3.8) is 0 Å². The number of ether oxygens (including phenoxy) is 2. The minimum Gasteiger partial charge on any atom is -0.394 e. The van der Waals surface area contributed by atoms with Crippen LogP contribution < -0.4 is 5.32 Å². The summed E-state index contributed by atoms with van der Waals surface area (Å²) in [5.74, 6) is -0.184. The van der Waals surface area contributed by atoms with Gasteiger partial charge in [-0.05, 0) is 64.2 Å². The third-order valence-electron chi connectivity index (χ3n) is 15.1. The van der Waals surface area contributed by atoms with Crippen molar-refractivity contribution >= 4 is 5.91 Å². The lowest BCUT2D eigenvalue weighted by Crippen LogP contribution is -2.60. The van der Waals surface area contributed by atoms with Crippen LogP contribution in [0, 0.1) is 0 Å². The molecule has 0 aliphatic carbocycles. The Labute approximate surface area is 456 Å². The summed E-state index contributed by atoms with van der Waals surface area (Å²) < 4.78 is 11.3. The van der Waals surface area contributed by atoms with Gasteiger partial charge in [0, 0.05) is 6.42 Å². The number of amides is 1. The van der Waals surface area contributed by atoms with E-state index in [-0.39, 0.29) is 12.5 Å². The summed E-state index contributed by atoms with van der Waals surface area (Å²) in [4.78, 5) is 13.1. The van der Waals surface area contributed by atoms with Gasteiger partial charge in [0.15, 0.2) is 6.29 Å². The number of carbonyl (C=O) groups is 1. The number of hydrogen-bond donors (Lipinski definition) is 6. The van der Waals surface area contributed by atoms with Gasteiger partial charge in [0.05, 0.1) is 25.4 Å². The number of hydrogen-bond acceptors (Lipinski definition) is 8. The highest BCUT2D eigenvalue weighted by molar-refractivity contribution is 5.76. The molecule has 434 valence electrons. The zero-order chi connectivity index (χ0) is 53.6. The van der Waals surface area contributed by atoms with Crippen LogP contribution in [0.5, 0.6) is 0 Å². The van der Waals surface area contributed by atoms with Crippen molar-refractivity contribution < 1.29 is 39.8 Å². The molecule has 0 aromatic carbocycles. The minimum absolute atomic E-state index is 0.184. The van der Waals surface area contributed by atoms with Crippen LogP contribution in [0.15, 0.2) is 48.6 Å². The van der Waals surface area contributed by atoms with Gasteiger partial charge in [-0.1, -0.05) is 281 Å². The largest absolute Gasteiger partial charge is 0.394 e. The monoisotopic (exact) mass is 1040 g/mol. The summed E-state index contributed by atoms with van der Waals surface area (Å²) in [6, 6.07) is -0.822. The van der Waals surface area contributed by atoms with Crippen molar-refractivity contribution in [1.82, 2.24) is 5.32 Å². The Morgan fingerprint density at radius 1 is 0.459 bits per heavy atom. The molecule has 1 saturated heterocycles. The van der Waals surface area contributed by atoms with E-state index in [4.69, 9.17) is 9.47 Å². The van der Waals surface area contributed by atoms with E-state index in [0.717, 1.165) is 44.9 Å². The third kappa shape index (κ3) is 43.2. The van der Waals surface area contributed by atoms with Gasteiger partial charge in [0.25, 0.3) is 0 Å². The summed E-state index contributed by atoms with van der Waals surface area (Å²) in [6.07, 6.45) is 66.4. The molecule has 6 N–H and O–H groups in total. The first-order valence-electron chi connectivity index (χ1n) is 31.9. The number of allylic oxidation sites excluding steroid dienone is 7. The molecule has 74 heavy (non-hydrogen) atoms. The standard InChI is InChI=1S/C65H121NO8/c1-3-5-7-9-11-13-15-17-19-21-22-23-24-25-26-27-28-29-30-31-32-33-34-35-36-37-38-39-41-43-45-47-49-51-53-55-61(69)66-58(57-73-65-64(72)63(71)62(70)60(56-67)74-65)59(68)54-52-50-48-46-44-42-40-20-18-16-14-12-10-8-6-4-2/h24-25,27-28,44,46,52,54,58-60,62-65,67-68,70-72H,3-23,26,29-43,45,47-51,53,55-57H2,1-2H3,(H,66,69)/b25-24-,28-27-,46-44+,54-52+. The number of carbonyl (C=O) groups excluding carboxylic acids is 1. The van der Waals surface area contributed by atoms with Crippen LogP contribution in [0.3, 0.4) is 0 Å². The fourth-order valence-corrected chi connectivity index (χ4v) is 10.1. The molecule has 0 bridgehead atoms. The molecule has 1 amide bonds. The number of nitrogens with one attached hydrogen (secondary N) is 1. The van der Waals surface area contributed by atoms with E-state index in [1.165, 1.54) is 238 Å². The summed E-state index contributed by atoms with van der Waals surface area (Å²) in [5.41, 5.74) is 0. The minimum atomic E-state index is -1.57. The van der Waals surface area contributed by atoms with Crippen LogP contribution in [-0.4, -0.2) is 87.5 Å². The van der Waals surface area contributed by atoms with Crippen molar-refractivity contribution in [2.45, 2.75) is 346 Å². The Kier molecular flexibility index (Phi) is 51.7. The quantitative estimate of drug-likeness (QED) is 0.0261. The first-order chi connectivity index (χ1) is 36.3. The van der Waals surface area contributed by atoms with Gasteiger partial charge in [-0.3, -0.25) is 4.79 Å². The lowest BCUT2D eigenvalue weighted by Gasteiger charge is -2.40. The van der Waals surface area contributed by atoms with E-state index in [1.54, 1.807) is 6.08 Å². The average molecular weight is 1040 g/mol. The predicted octanol–water partition coefficient (Wildman–Crippen LogP) is 16.5. The molecule has 0 aromatic rings. The fraction of sp³-hybridized carbons (Fsp3) is 0.862. The molecule has 0 spiro atoms. The topological polar surface area (TPSA) is 149 Å². The second-order valence-electron chi connectivity index (χ2n) is 22.2. The number of aliphatic hydroxyl groups is 5. The highest BCUT2D eigenvalue weighted by atomic mass is 16.7. The smallest absolute Gasteiger partial charge is 0.220 e. The van der Waals surface area contributed by atoms with E-state index >= 15 is 0 Å². The third-order valence-corrected chi connectivity index (χ3v) is 15.1. The number of aliphatic hydroxyl groups excluding tert-OH is 5. The van der Waals surface area contributed by atoms with Crippen molar-refractivity contribution in [1.29, 1.82) is 0 Å². The molecular formula is C65H121NO8. The Morgan fingerprint density at radius 3 is 1.22 bits per heavy atom. The lowest BCUT2D eigenvalue weighted by molar-refractivity contribution is -0.302. The predicted molar refractivity (Wildman–Crippen MR) is 313 cm³/mol. The first kappa shape index (κ1) is 70.2. The van der Waals surface area contributed by atoms with Gasteiger partial charge in [0.1, 0.15) is 24.4 Å². The van der Waals surface area contributed by atoms with Gasteiger partial charge < -0.3 is 40.3 Å². The molecular weight excluding hydrogens is 923 g/mol. The number of rotatable bonds is 55. The van der Waals surface area contributed by atoms with Crippen LogP contribution in [0.2, 0.25) is 0 Å². The highest BCUT2D eigenvalue weighted by Gasteiger charge is 2.44. The normalized spacial score (nSPS) is 19.3.